The summed E-state index contributed by atoms with van der Waals surface area (Å²) in [5.74, 6) is -0.293. The summed E-state index contributed by atoms with van der Waals surface area (Å²) in [6.07, 6.45) is 6.09. The van der Waals surface area contributed by atoms with Gasteiger partial charge >= 0.3 is 6.03 Å². The Balaban J connectivity index is 1.62. The molecule has 9 heteroatoms. The van der Waals surface area contributed by atoms with Gasteiger partial charge in [0.1, 0.15) is 12.2 Å². The van der Waals surface area contributed by atoms with Crippen molar-refractivity contribution in [3.63, 3.8) is 0 Å². The number of hydrogen-bond donors (Lipinski definition) is 2. The standard InChI is InChI=1S/C25H35N5O4/c1-3-20(31)14-21-24(33)28(19-12-8-5-9-13-19)16-22-29(21)23(32)17-27(2)30(22)25(34)26-15-18-10-6-4-7-11-18/h3-4,6-7,10-11,19,21-22,31H,5,8-9,12-17H2,1-2H3,(H,26,34)/b20-3-/t21-,22-/m0/s1. The van der Waals surface area contributed by atoms with Crippen molar-refractivity contribution in [2.45, 2.75) is 70.2 Å². The lowest BCUT2D eigenvalue weighted by atomic mass is 9.91. The number of benzene rings is 1. The predicted octanol–water partition coefficient (Wildman–Crippen LogP) is 2.61. The van der Waals surface area contributed by atoms with Crippen LogP contribution in [-0.2, 0) is 16.1 Å². The zero-order valence-corrected chi connectivity index (χ0v) is 20.0. The zero-order valence-electron chi connectivity index (χ0n) is 20.0. The lowest BCUT2D eigenvalue weighted by Gasteiger charge is -2.55. The maximum absolute atomic E-state index is 13.6. The molecular formula is C25H35N5O4. The molecule has 1 aliphatic carbocycles. The average molecular weight is 470 g/mol. The van der Waals surface area contributed by atoms with E-state index in [1.807, 2.05) is 35.2 Å². The number of nitrogens with zero attached hydrogens (tertiary/aromatic N) is 4. The fraction of sp³-hybridized carbons (Fsp3) is 0.560. The molecule has 4 amide bonds. The third-order valence-corrected chi connectivity index (χ3v) is 7.13. The molecule has 2 N–H and O–H groups in total. The van der Waals surface area contributed by atoms with Crippen molar-refractivity contribution < 1.29 is 19.5 Å². The van der Waals surface area contributed by atoms with Gasteiger partial charge in [-0.25, -0.2) is 14.8 Å². The topological polar surface area (TPSA) is 96.4 Å². The van der Waals surface area contributed by atoms with Crippen molar-refractivity contribution in [3.05, 3.63) is 47.7 Å². The van der Waals surface area contributed by atoms with E-state index in [0.29, 0.717) is 6.54 Å². The average Bonchev–Trinajstić information content (AvgIpc) is 2.85. The summed E-state index contributed by atoms with van der Waals surface area (Å²) >= 11 is 0. The lowest BCUT2D eigenvalue weighted by molar-refractivity contribution is -0.190. The Morgan fingerprint density at radius 3 is 2.53 bits per heavy atom. The molecule has 2 saturated heterocycles. The number of amides is 4. The van der Waals surface area contributed by atoms with Crippen molar-refractivity contribution in [2.24, 2.45) is 0 Å². The van der Waals surface area contributed by atoms with Crippen LogP contribution in [0.1, 0.15) is 51.0 Å². The molecule has 0 radical (unpaired) electrons. The maximum Gasteiger partial charge on any atom is 0.334 e. The van der Waals surface area contributed by atoms with Crippen LogP contribution in [0, 0.1) is 0 Å². The van der Waals surface area contributed by atoms with Crippen LogP contribution in [0.15, 0.2) is 42.2 Å². The maximum atomic E-state index is 13.6. The number of rotatable bonds is 5. The van der Waals surface area contributed by atoms with Gasteiger partial charge in [-0.3, -0.25) is 9.59 Å². The summed E-state index contributed by atoms with van der Waals surface area (Å²) in [5.41, 5.74) is 0.974. The molecule has 0 bridgehead atoms. The van der Waals surface area contributed by atoms with Crippen molar-refractivity contribution in [3.8, 4) is 0 Å². The molecule has 2 heterocycles. The molecule has 0 spiro atoms. The SMILES string of the molecule is C/C=C(\O)C[C@H]1C(=O)N(C2CCCCC2)C[C@H]2N1C(=O)CN(C)N2C(=O)NCc1ccccc1. The number of carbonyl (C=O) groups is 3. The van der Waals surface area contributed by atoms with Crippen LogP contribution in [0.25, 0.3) is 0 Å². The number of aliphatic hydroxyl groups excluding tert-OH is 1. The summed E-state index contributed by atoms with van der Waals surface area (Å²) in [7, 11) is 1.72. The summed E-state index contributed by atoms with van der Waals surface area (Å²) < 4.78 is 0. The molecule has 0 unspecified atom stereocenters. The first-order valence-corrected chi connectivity index (χ1v) is 12.2. The van der Waals surface area contributed by atoms with Gasteiger partial charge in [0.25, 0.3) is 0 Å². The van der Waals surface area contributed by atoms with Crippen LogP contribution >= 0.6 is 0 Å². The molecule has 34 heavy (non-hydrogen) atoms. The van der Waals surface area contributed by atoms with Gasteiger partial charge in [0, 0.05) is 26.1 Å². The minimum absolute atomic E-state index is 0.0148. The molecule has 2 aliphatic heterocycles. The first-order valence-electron chi connectivity index (χ1n) is 12.2. The molecule has 1 saturated carbocycles. The van der Waals surface area contributed by atoms with E-state index < -0.39 is 12.2 Å². The first kappa shape index (κ1) is 24.1. The minimum atomic E-state index is -0.831. The highest BCUT2D eigenvalue weighted by atomic mass is 16.3. The van der Waals surface area contributed by atoms with Crippen molar-refractivity contribution in [1.82, 2.24) is 25.1 Å². The molecule has 3 fully saturated rings. The van der Waals surface area contributed by atoms with E-state index in [2.05, 4.69) is 5.32 Å². The van der Waals surface area contributed by atoms with Crippen molar-refractivity contribution >= 4 is 17.8 Å². The van der Waals surface area contributed by atoms with Gasteiger partial charge in [0.15, 0.2) is 0 Å². The third kappa shape index (κ3) is 4.89. The number of carbonyl (C=O) groups excluding carboxylic acids is 3. The monoisotopic (exact) mass is 469 g/mol. The zero-order chi connectivity index (χ0) is 24.2. The minimum Gasteiger partial charge on any atom is -0.513 e. The second kappa shape index (κ2) is 10.5. The van der Waals surface area contributed by atoms with Crippen LogP contribution in [0.3, 0.4) is 0 Å². The smallest absolute Gasteiger partial charge is 0.334 e. The number of aliphatic hydroxyl groups is 1. The Labute approximate surface area is 200 Å². The van der Waals surface area contributed by atoms with E-state index in [9.17, 15) is 19.5 Å². The fourth-order valence-electron chi connectivity index (χ4n) is 5.36. The third-order valence-electron chi connectivity index (χ3n) is 7.13. The second-order valence-electron chi connectivity index (χ2n) is 9.37. The van der Waals surface area contributed by atoms with Gasteiger partial charge in [-0.05, 0) is 31.4 Å². The molecule has 4 rings (SSSR count). The molecule has 1 aromatic rings. The van der Waals surface area contributed by atoms with Gasteiger partial charge in [-0.2, -0.15) is 0 Å². The van der Waals surface area contributed by atoms with Gasteiger partial charge in [0.2, 0.25) is 11.8 Å². The Morgan fingerprint density at radius 2 is 1.85 bits per heavy atom. The lowest BCUT2D eigenvalue weighted by Crippen LogP contribution is -2.76. The molecule has 184 valence electrons. The number of fused-ring (bicyclic) bond motifs is 1. The molecule has 0 aromatic heterocycles. The second-order valence-corrected chi connectivity index (χ2v) is 9.37. The van der Waals surface area contributed by atoms with Crippen LogP contribution in [-0.4, -0.2) is 81.2 Å². The molecular weight excluding hydrogens is 434 g/mol. The van der Waals surface area contributed by atoms with Crippen LogP contribution in [0.2, 0.25) is 0 Å². The number of urea groups is 1. The van der Waals surface area contributed by atoms with Crippen molar-refractivity contribution in [1.29, 1.82) is 0 Å². The van der Waals surface area contributed by atoms with Gasteiger partial charge in [-0.15, -0.1) is 0 Å². The van der Waals surface area contributed by atoms with E-state index >= 15 is 0 Å². The Kier molecular flexibility index (Phi) is 7.41. The van der Waals surface area contributed by atoms with Crippen molar-refractivity contribution in [2.75, 3.05) is 20.1 Å². The Hall–Kier alpha value is -3.07. The molecule has 2 atom stereocenters. The largest absolute Gasteiger partial charge is 0.513 e. The van der Waals surface area contributed by atoms with Gasteiger partial charge in [0.05, 0.1) is 18.8 Å². The van der Waals surface area contributed by atoms with Gasteiger partial charge < -0.3 is 20.2 Å². The highest BCUT2D eigenvalue weighted by Crippen LogP contribution is 2.32. The molecule has 3 aliphatic rings. The number of hydrogen-bond acceptors (Lipinski definition) is 5. The number of hydrazine groups is 1. The van der Waals surface area contributed by atoms with Crippen LogP contribution < -0.4 is 5.32 Å². The highest BCUT2D eigenvalue weighted by Gasteiger charge is 2.52. The predicted molar refractivity (Wildman–Crippen MR) is 127 cm³/mol. The first-order chi connectivity index (χ1) is 16.4. The Morgan fingerprint density at radius 1 is 1.15 bits per heavy atom. The number of piperazine rings is 1. The van der Waals surface area contributed by atoms with Crippen LogP contribution in [0.5, 0.6) is 0 Å². The van der Waals surface area contributed by atoms with Crippen LogP contribution in [0.4, 0.5) is 4.79 Å². The molecule has 9 nitrogen and oxygen atoms in total. The number of likely N-dealkylation sites (N-methyl/N-ethyl adjacent to an activating group) is 1. The fourth-order valence-corrected chi connectivity index (χ4v) is 5.36. The van der Waals surface area contributed by atoms with Gasteiger partial charge in [-0.1, -0.05) is 49.6 Å². The van der Waals surface area contributed by atoms with E-state index in [1.54, 1.807) is 30.1 Å². The van der Waals surface area contributed by atoms with E-state index in [0.717, 1.165) is 37.7 Å². The Bertz CT molecular complexity index is 930. The number of nitrogens with one attached hydrogen (secondary N) is 1. The normalized spacial score (nSPS) is 24.9. The van der Waals surface area contributed by atoms with E-state index in [-0.39, 0.29) is 49.2 Å². The quantitative estimate of drug-likeness (QED) is 0.647. The number of allylic oxidation sites excluding steroid dienone is 1. The highest BCUT2D eigenvalue weighted by molar-refractivity contribution is 5.91. The summed E-state index contributed by atoms with van der Waals surface area (Å²) in [5, 5.41) is 16.4. The summed E-state index contributed by atoms with van der Waals surface area (Å²) in [6.45, 7) is 2.32. The summed E-state index contributed by atoms with van der Waals surface area (Å²) in [6, 6.07) is 8.58. The summed E-state index contributed by atoms with van der Waals surface area (Å²) in [4.78, 5) is 43.5. The van der Waals surface area contributed by atoms with E-state index in [1.165, 1.54) is 4.90 Å². The van der Waals surface area contributed by atoms with E-state index in [4.69, 9.17) is 0 Å². The molecule has 1 aromatic carbocycles.